The molecule has 0 aromatic heterocycles. The Morgan fingerprint density at radius 3 is 2.61 bits per heavy atom. The van der Waals surface area contributed by atoms with Gasteiger partial charge in [0.15, 0.2) is 5.17 Å². The molecule has 18 heavy (non-hydrogen) atoms. The molecule has 1 amide bonds. The second-order valence-corrected chi connectivity index (χ2v) is 4.13. The Morgan fingerprint density at radius 2 is 2.06 bits per heavy atom. The van der Waals surface area contributed by atoms with Gasteiger partial charge >= 0.3 is 6.09 Å². The van der Waals surface area contributed by atoms with Crippen molar-refractivity contribution in [1.29, 1.82) is 5.41 Å². The van der Waals surface area contributed by atoms with E-state index < -0.39 is 6.09 Å². The number of benzene rings is 1. The highest BCUT2D eigenvalue weighted by atomic mass is 32.2. The molecule has 2 N–H and O–H groups in total. The molecule has 98 valence electrons. The van der Waals surface area contributed by atoms with Crippen LogP contribution in [0.2, 0.25) is 0 Å². The van der Waals surface area contributed by atoms with E-state index in [4.69, 9.17) is 14.9 Å². The summed E-state index contributed by atoms with van der Waals surface area (Å²) in [7, 11) is 0. The van der Waals surface area contributed by atoms with Crippen LogP contribution in [0.4, 0.5) is 4.79 Å². The minimum atomic E-state index is -0.622. The fourth-order valence-electron chi connectivity index (χ4n) is 1.18. The molecule has 5 nitrogen and oxygen atoms in total. The summed E-state index contributed by atoms with van der Waals surface area (Å²) in [5.41, 5.74) is 0.865. The van der Waals surface area contributed by atoms with E-state index in [-0.39, 0.29) is 11.8 Å². The monoisotopic (exact) mass is 268 g/mol. The summed E-state index contributed by atoms with van der Waals surface area (Å²) in [5.74, 6) is 0.787. The molecule has 6 heteroatoms. The van der Waals surface area contributed by atoms with Crippen molar-refractivity contribution in [2.75, 3.05) is 12.9 Å². The molecular formula is C12H16N2O3S. The molecule has 0 unspecified atom stereocenters. The quantitative estimate of drug-likeness (QED) is 0.650. The second-order valence-electron chi connectivity index (χ2n) is 3.31. The lowest BCUT2D eigenvalue weighted by molar-refractivity contribution is 0.145. The van der Waals surface area contributed by atoms with Crippen LogP contribution in [-0.2, 0) is 11.3 Å². The van der Waals surface area contributed by atoms with Crippen molar-refractivity contribution >= 4 is 23.0 Å². The van der Waals surface area contributed by atoms with Gasteiger partial charge < -0.3 is 9.47 Å². The first-order valence-electron chi connectivity index (χ1n) is 5.43. The molecule has 1 aromatic rings. The predicted octanol–water partition coefficient (Wildman–Crippen LogP) is 2.61. The van der Waals surface area contributed by atoms with Crippen LogP contribution in [0, 0.1) is 5.41 Å². The number of amides is 1. The van der Waals surface area contributed by atoms with Crippen LogP contribution in [0.5, 0.6) is 5.75 Å². The summed E-state index contributed by atoms with van der Waals surface area (Å²) in [6, 6.07) is 7.31. The van der Waals surface area contributed by atoms with Crippen molar-refractivity contribution in [2.24, 2.45) is 0 Å². The SMILES string of the molecule is CCOc1ccc(COC(=O)NC(=N)SC)cc1. The lowest BCUT2D eigenvalue weighted by atomic mass is 10.2. The van der Waals surface area contributed by atoms with Crippen LogP contribution in [0.25, 0.3) is 0 Å². The Bertz CT molecular complexity index is 406. The number of alkyl carbamates (subject to hydrolysis) is 1. The highest BCUT2D eigenvalue weighted by Gasteiger charge is 2.04. The van der Waals surface area contributed by atoms with Crippen LogP contribution in [-0.4, -0.2) is 24.1 Å². The molecule has 0 bridgehead atoms. The third-order valence-electron chi connectivity index (χ3n) is 2.02. The summed E-state index contributed by atoms with van der Waals surface area (Å²) in [6.07, 6.45) is 1.08. The van der Waals surface area contributed by atoms with E-state index in [1.54, 1.807) is 6.26 Å². The van der Waals surface area contributed by atoms with Crippen LogP contribution in [0.15, 0.2) is 24.3 Å². The first-order valence-corrected chi connectivity index (χ1v) is 6.66. The van der Waals surface area contributed by atoms with Gasteiger partial charge in [-0.1, -0.05) is 23.9 Å². The largest absolute Gasteiger partial charge is 0.494 e. The minimum Gasteiger partial charge on any atom is -0.494 e. The average Bonchev–Trinajstić information content (AvgIpc) is 2.38. The first kappa shape index (κ1) is 14.4. The Labute approximate surface area is 110 Å². The van der Waals surface area contributed by atoms with E-state index >= 15 is 0 Å². The number of ether oxygens (including phenoxy) is 2. The number of nitrogens with one attached hydrogen (secondary N) is 2. The summed E-state index contributed by atoms with van der Waals surface area (Å²) >= 11 is 1.14. The normalized spacial score (nSPS) is 9.67. The summed E-state index contributed by atoms with van der Waals surface area (Å²) in [5, 5.41) is 9.61. The van der Waals surface area contributed by atoms with E-state index in [2.05, 4.69) is 5.32 Å². The third-order valence-corrected chi connectivity index (χ3v) is 2.53. The van der Waals surface area contributed by atoms with Crippen molar-refractivity contribution in [3.8, 4) is 5.75 Å². The molecule has 0 spiro atoms. The molecule has 1 aromatic carbocycles. The van der Waals surface area contributed by atoms with Gasteiger partial charge in [-0.25, -0.2) is 4.79 Å². The molecule has 0 saturated carbocycles. The maximum atomic E-state index is 11.2. The van der Waals surface area contributed by atoms with E-state index in [1.807, 2.05) is 31.2 Å². The fourth-order valence-corrected chi connectivity index (χ4v) is 1.36. The number of carbonyl (C=O) groups is 1. The topological polar surface area (TPSA) is 71.4 Å². The average molecular weight is 268 g/mol. The minimum absolute atomic E-state index is 0.0618. The third kappa shape index (κ3) is 5.09. The summed E-state index contributed by atoms with van der Waals surface area (Å²) in [4.78, 5) is 11.2. The van der Waals surface area contributed by atoms with Gasteiger partial charge in [0, 0.05) is 0 Å². The number of amidine groups is 1. The van der Waals surface area contributed by atoms with Crippen LogP contribution < -0.4 is 10.1 Å². The van der Waals surface area contributed by atoms with E-state index in [1.165, 1.54) is 0 Å². The Kier molecular flexibility index (Phi) is 6.07. The second kappa shape index (κ2) is 7.60. The van der Waals surface area contributed by atoms with E-state index in [0.717, 1.165) is 23.1 Å². The molecule has 0 fully saturated rings. The predicted molar refractivity (Wildman–Crippen MR) is 72.2 cm³/mol. The first-order chi connectivity index (χ1) is 8.65. The lowest BCUT2D eigenvalue weighted by Gasteiger charge is -2.07. The summed E-state index contributed by atoms with van der Waals surface area (Å²) in [6.45, 7) is 2.71. The molecule has 0 heterocycles. The van der Waals surface area contributed by atoms with Crippen molar-refractivity contribution in [3.63, 3.8) is 0 Å². The Balaban J connectivity index is 2.39. The molecule has 0 aliphatic carbocycles. The highest BCUT2D eigenvalue weighted by Crippen LogP contribution is 2.12. The highest BCUT2D eigenvalue weighted by molar-refractivity contribution is 8.13. The Hall–Kier alpha value is -1.69. The van der Waals surface area contributed by atoms with Crippen LogP contribution >= 0.6 is 11.8 Å². The number of rotatable bonds is 4. The van der Waals surface area contributed by atoms with Crippen molar-refractivity contribution in [3.05, 3.63) is 29.8 Å². The van der Waals surface area contributed by atoms with Gasteiger partial charge in [-0.3, -0.25) is 10.7 Å². The molecule has 0 radical (unpaired) electrons. The van der Waals surface area contributed by atoms with Crippen LogP contribution in [0.3, 0.4) is 0 Å². The smallest absolute Gasteiger partial charge is 0.413 e. The van der Waals surface area contributed by atoms with E-state index in [9.17, 15) is 4.79 Å². The standard InChI is InChI=1S/C12H16N2O3S/c1-3-16-10-6-4-9(5-7-10)8-17-12(15)14-11(13)18-2/h4-7H,3,8H2,1-2H3,(H2,13,14,15). The number of carbonyl (C=O) groups excluding carboxylic acids is 1. The van der Waals surface area contributed by atoms with Crippen LogP contribution in [0.1, 0.15) is 12.5 Å². The van der Waals surface area contributed by atoms with Gasteiger partial charge in [-0.05, 0) is 30.9 Å². The van der Waals surface area contributed by atoms with Gasteiger partial charge in [0.05, 0.1) is 6.61 Å². The molecule has 0 atom stereocenters. The maximum Gasteiger partial charge on any atom is 0.413 e. The van der Waals surface area contributed by atoms with Gasteiger partial charge in [-0.15, -0.1) is 0 Å². The number of hydrogen-bond donors (Lipinski definition) is 2. The van der Waals surface area contributed by atoms with Gasteiger partial charge in [0.25, 0.3) is 0 Å². The molecular weight excluding hydrogens is 252 g/mol. The van der Waals surface area contributed by atoms with Crippen molar-refractivity contribution in [1.82, 2.24) is 5.32 Å². The zero-order valence-electron chi connectivity index (χ0n) is 10.4. The lowest BCUT2D eigenvalue weighted by Crippen LogP contribution is -2.27. The zero-order chi connectivity index (χ0) is 13.4. The molecule has 1 rings (SSSR count). The summed E-state index contributed by atoms with van der Waals surface area (Å²) < 4.78 is 10.3. The Morgan fingerprint density at radius 1 is 1.39 bits per heavy atom. The van der Waals surface area contributed by atoms with Gasteiger partial charge in [0.2, 0.25) is 0 Å². The van der Waals surface area contributed by atoms with Crippen molar-refractivity contribution in [2.45, 2.75) is 13.5 Å². The molecule has 0 aliphatic rings. The zero-order valence-corrected chi connectivity index (χ0v) is 11.2. The fraction of sp³-hybridized carbons (Fsp3) is 0.333. The van der Waals surface area contributed by atoms with E-state index in [0.29, 0.717) is 6.61 Å². The molecule has 0 aliphatic heterocycles. The number of hydrogen-bond acceptors (Lipinski definition) is 5. The number of thioether (sulfide) groups is 1. The molecule has 0 saturated heterocycles. The van der Waals surface area contributed by atoms with Gasteiger partial charge in [0.1, 0.15) is 12.4 Å². The van der Waals surface area contributed by atoms with Crippen molar-refractivity contribution < 1.29 is 14.3 Å². The van der Waals surface area contributed by atoms with Gasteiger partial charge in [-0.2, -0.15) is 0 Å². The maximum absolute atomic E-state index is 11.2.